The minimum absolute atomic E-state index is 0.0346. The van der Waals surface area contributed by atoms with Crippen molar-refractivity contribution in [1.29, 1.82) is 0 Å². The van der Waals surface area contributed by atoms with Crippen molar-refractivity contribution >= 4 is 15.9 Å². The van der Waals surface area contributed by atoms with E-state index in [0.29, 0.717) is 12.1 Å². The number of aromatic nitrogens is 1. The van der Waals surface area contributed by atoms with E-state index >= 15 is 0 Å². The molecule has 0 aliphatic rings. The third kappa shape index (κ3) is 4.32. The van der Waals surface area contributed by atoms with E-state index in [1.54, 1.807) is 0 Å². The fraction of sp³-hybridized carbons (Fsp3) is 0.389. The van der Waals surface area contributed by atoms with Gasteiger partial charge < -0.3 is 9.88 Å². The second-order valence-corrected chi connectivity index (χ2v) is 8.70. The van der Waals surface area contributed by atoms with E-state index in [1.807, 2.05) is 48.9 Å². The van der Waals surface area contributed by atoms with Gasteiger partial charge in [0.2, 0.25) is 10.0 Å². The van der Waals surface area contributed by atoms with E-state index in [2.05, 4.69) is 5.32 Å². The first-order valence-corrected chi connectivity index (χ1v) is 9.67. The fourth-order valence-electron chi connectivity index (χ4n) is 2.65. The standard InChI is InChI=1S/C18H26N4O3S/c1-20(2)17(16-7-6-12-22(16)5)13-19-18(23)14-8-10-15(11-9-14)26(24,25)21(3)4/h6-12,17H,13H2,1-5H3,(H,19,23)/t17-/m1/s1. The highest BCUT2D eigenvalue weighted by atomic mass is 32.2. The number of carbonyl (C=O) groups is 1. The summed E-state index contributed by atoms with van der Waals surface area (Å²) >= 11 is 0. The number of rotatable bonds is 7. The molecule has 7 nitrogen and oxygen atoms in total. The monoisotopic (exact) mass is 378 g/mol. The summed E-state index contributed by atoms with van der Waals surface area (Å²) in [6, 6.07) is 9.98. The van der Waals surface area contributed by atoms with Gasteiger partial charge in [-0.1, -0.05) is 0 Å². The summed E-state index contributed by atoms with van der Waals surface area (Å²) in [5.41, 5.74) is 1.52. The van der Waals surface area contributed by atoms with Crippen LogP contribution in [-0.2, 0) is 17.1 Å². The van der Waals surface area contributed by atoms with Crippen LogP contribution in [0.15, 0.2) is 47.5 Å². The van der Waals surface area contributed by atoms with Crippen LogP contribution in [0.3, 0.4) is 0 Å². The zero-order chi connectivity index (χ0) is 19.5. The number of hydrogen-bond acceptors (Lipinski definition) is 4. The first-order valence-electron chi connectivity index (χ1n) is 8.23. The maximum absolute atomic E-state index is 12.4. The predicted molar refractivity (Wildman–Crippen MR) is 101 cm³/mol. The average molecular weight is 378 g/mol. The third-order valence-electron chi connectivity index (χ3n) is 4.30. The van der Waals surface area contributed by atoms with E-state index in [9.17, 15) is 13.2 Å². The molecular formula is C18H26N4O3S. The molecule has 1 aromatic heterocycles. The molecule has 0 aliphatic carbocycles. The molecule has 1 atom stereocenters. The van der Waals surface area contributed by atoms with Crippen molar-refractivity contribution in [2.75, 3.05) is 34.7 Å². The van der Waals surface area contributed by atoms with Crippen LogP contribution in [0.1, 0.15) is 22.1 Å². The molecule has 0 spiro atoms. The molecule has 0 bridgehead atoms. The lowest BCUT2D eigenvalue weighted by atomic mass is 10.1. The Kier molecular flexibility index (Phi) is 6.22. The highest BCUT2D eigenvalue weighted by Crippen LogP contribution is 2.18. The maximum atomic E-state index is 12.4. The summed E-state index contributed by atoms with van der Waals surface area (Å²) in [5, 5.41) is 2.92. The summed E-state index contributed by atoms with van der Waals surface area (Å²) < 4.78 is 27.3. The van der Waals surface area contributed by atoms with Gasteiger partial charge in [0.1, 0.15) is 0 Å². The van der Waals surface area contributed by atoms with Crippen molar-refractivity contribution in [2.45, 2.75) is 10.9 Å². The number of nitrogens with one attached hydrogen (secondary N) is 1. The number of carbonyl (C=O) groups excluding carboxylic acids is 1. The maximum Gasteiger partial charge on any atom is 0.251 e. The molecule has 0 saturated carbocycles. The zero-order valence-corrected chi connectivity index (χ0v) is 16.6. The topological polar surface area (TPSA) is 74.7 Å². The molecule has 1 N–H and O–H groups in total. The number of hydrogen-bond donors (Lipinski definition) is 1. The van der Waals surface area contributed by atoms with Gasteiger partial charge >= 0.3 is 0 Å². The smallest absolute Gasteiger partial charge is 0.251 e. The SMILES string of the molecule is CN(C)[C@H](CNC(=O)c1ccc(S(=O)(=O)N(C)C)cc1)c1cccn1C. The Balaban J connectivity index is 2.09. The lowest BCUT2D eigenvalue weighted by molar-refractivity contribution is 0.0941. The Labute approximate surface area is 155 Å². The number of benzene rings is 1. The Hall–Kier alpha value is -2.16. The highest BCUT2D eigenvalue weighted by Gasteiger charge is 2.20. The molecule has 2 aromatic rings. The minimum atomic E-state index is -3.50. The molecule has 26 heavy (non-hydrogen) atoms. The number of sulfonamides is 1. The van der Waals surface area contributed by atoms with Crippen molar-refractivity contribution in [3.63, 3.8) is 0 Å². The van der Waals surface area contributed by atoms with Crippen LogP contribution < -0.4 is 5.32 Å². The molecule has 0 fully saturated rings. The zero-order valence-electron chi connectivity index (χ0n) is 15.8. The van der Waals surface area contributed by atoms with Crippen molar-refractivity contribution in [3.8, 4) is 0 Å². The highest BCUT2D eigenvalue weighted by molar-refractivity contribution is 7.89. The van der Waals surface area contributed by atoms with Crippen molar-refractivity contribution in [1.82, 2.24) is 19.1 Å². The molecule has 142 valence electrons. The van der Waals surface area contributed by atoms with Crippen molar-refractivity contribution < 1.29 is 13.2 Å². The summed E-state index contributed by atoms with van der Waals surface area (Å²) in [7, 11) is 5.34. The molecule has 0 radical (unpaired) electrons. The molecule has 8 heteroatoms. The first-order chi connectivity index (χ1) is 12.1. The van der Waals surface area contributed by atoms with Crippen molar-refractivity contribution in [2.24, 2.45) is 7.05 Å². The van der Waals surface area contributed by atoms with Gasteiger partial charge in [-0.25, -0.2) is 12.7 Å². The molecule has 2 rings (SSSR count). The van der Waals surface area contributed by atoms with Crippen molar-refractivity contribution in [3.05, 3.63) is 53.9 Å². The molecule has 1 aromatic carbocycles. The lowest BCUT2D eigenvalue weighted by Gasteiger charge is -2.25. The molecule has 0 unspecified atom stereocenters. The van der Waals surface area contributed by atoms with Gasteiger partial charge in [-0.05, 0) is 50.5 Å². The number of aryl methyl sites for hydroxylation is 1. The normalized spacial score (nSPS) is 13.2. The largest absolute Gasteiger partial charge is 0.353 e. The molecular weight excluding hydrogens is 352 g/mol. The van der Waals surface area contributed by atoms with Gasteiger partial charge in [0.25, 0.3) is 5.91 Å². The second-order valence-electron chi connectivity index (χ2n) is 6.55. The van der Waals surface area contributed by atoms with Crippen LogP contribution in [-0.4, -0.2) is 62.8 Å². The van der Waals surface area contributed by atoms with Gasteiger partial charge in [-0.2, -0.15) is 0 Å². The van der Waals surface area contributed by atoms with E-state index in [4.69, 9.17) is 0 Å². The van der Waals surface area contributed by atoms with E-state index in [1.165, 1.54) is 38.4 Å². The van der Waals surface area contributed by atoms with Gasteiger partial charge in [0.05, 0.1) is 10.9 Å². The van der Waals surface area contributed by atoms with Gasteiger partial charge in [-0.15, -0.1) is 0 Å². The Morgan fingerprint density at radius 3 is 2.19 bits per heavy atom. The lowest BCUT2D eigenvalue weighted by Crippen LogP contribution is -2.35. The Morgan fingerprint density at radius 2 is 1.73 bits per heavy atom. The summed E-state index contributed by atoms with van der Waals surface area (Å²) in [4.78, 5) is 14.6. The first kappa shape index (κ1) is 20.2. The van der Waals surface area contributed by atoms with E-state index in [0.717, 1.165) is 10.00 Å². The van der Waals surface area contributed by atoms with Crippen LogP contribution in [0, 0.1) is 0 Å². The van der Waals surface area contributed by atoms with E-state index < -0.39 is 10.0 Å². The van der Waals surface area contributed by atoms with Gasteiger partial charge in [-0.3, -0.25) is 9.69 Å². The molecule has 0 saturated heterocycles. The Morgan fingerprint density at radius 1 is 1.12 bits per heavy atom. The number of amides is 1. The summed E-state index contributed by atoms with van der Waals surface area (Å²) in [5.74, 6) is -0.236. The van der Waals surface area contributed by atoms with Crippen LogP contribution in [0.5, 0.6) is 0 Å². The average Bonchev–Trinajstić information content (AvgIpc) is 3.00. The molecule has 1 amide bonds. The minimum Gasteiger partial charge on any atom is -0.353 e. The third-order valence-corrected chi connectivity index (χ3v) is 6.13. The van der Waals surface area contributed by atoms with Crippen LogP contribution >= 0.6 is 0 Å². The van der Waals surface area contributed by atoms with E-state index in [-0.39, 0.29) is 16.8 Å². The van der Waals surface area contributed by atoms with Gasteiger partial charge in [0.15, 0.2) is 0 Å². The van der Waals surface area contributed by atoms with Gasteiger partial charge in [0, 0.05) is 45.1 Å². The Bertz CT molecular complexity index is 855. The molecule has 1 heterocycles. The summed E-state index contributed by atoms with van der Waals surface area (Å²) in [6.07, 6.45) is 1.97. The summed E-state index contributed by atoms with van der Waals surface area (Å²) in [6.45, 7) is 0.446. The quantitative estimate of drug-likeness (QED) is 0.788. The predicted octanol–water partition coefficient (Wildman–Crippen LogP) is 1.31. The van der Waals surface area contributed by atoms with Crippen LogP contribution in [0.4, 0.5) is 0 Å². The fourth-order valence-corrected chi connectivity index (χ4v) is 3.55. The van der Waals surface area contributed by atoms with Crippen LogP contribution in [0.2, 0.25) is 0 Å². The number of nitrogens with zero attached hydrogens (tertiary/aromatic N) is 3. The van der Waals surface area contributed by atoms with Crippen LogP contribution in [0.25, 0.3) is 0 Å². The second kappa shape index (κ2) is 8.03. The molecule has 0 aliphatic heterocycles. The number of likely N-dealkylation sites (N-methyl/N-ethyl adjacent to an activating group) is 1.